The Morgan fingerprint density at radius 2 is 1.62 bits per heavy atom. The van der Waals surface area contributed by atoms with Gasteiger partial charge in [0.2, 0.25) is 0 Å². The van der Waals surface area contributed by atoms with Crippen molar-refractivity contribution in [3.63, 3.8) is 0 Å². The Kier molecular flexibility index (Phi) is 9.67. The Hall–Kier alpha value is -4.64. The van der Waals surface area contributed by atoms with Gasteiger partial charge >= 0.3 is 0 Å². The number of fused-ring (bicyclic) bond motifs is 3. The van der Waals surface area contributed by atoms with Crippen LogP contribution in [0.3, 0.4) is 0 Å². The van der Waals surface area contributed by atoms with Crippen molar-refractivity contribution >= 4 is 21.8 Å². The molecule has 0 amide bonds. The van der Waals surface area contributed by atoms with E-state index >= 15 is 0 Å². The third-order valence-electron chi connectivity index (χ3n) is 11.7. The van der Waals surface area contributed by atoms with Gasteiger partial charge in [-0.3, -0.25) is 4.57 Å². The quantitative estimate of drug-likeness (QED) is 0.142. The van der Waals surface area contributed by atoms with Crippen LogP contribution in [0.5, 0.6) is 11.5 Å². The fourth-order valence-corrected chi connectivity index (χ4v) is 8.64. The molecule has 270 valence electrons. The van der Waals surface area contributed by atoms with E-state index in [4.69, 9.17) is 14.8 Å². The van der Waals surface area contributed by atoms with Gasteiger partial charge in [0.15, 0.2) is 0 Å². The summed E-state index contributed by atoms with van der Waals surface area (Å²) in [6.07, 6.45) is 8.95. The lowest BCUT2D eigenvalue weighted by atomic mass is 9.63. The molecule has 5 nitrogen and oxygen atoms in total. The number of ether oxygens (including phenoxy) is 1. The van der Waals surface area contributed by atoms with Crippen molar-refractivity contribution in [1.82, 2.24) is 19.3 Å². The lowest BCUT2D eigenvalue weighted by molar-refractivity contribution is 0.211. The molecule has 0 saturated heterocycles. The first-order valence-electron chi connectivity index (χ1n) is 19.5. The second-order valence-electron chi connectivity index (χ2n) is 16.4. The number of nitrogens with zero attached hydrogens (tertiary/aromatic N) is 4. The third-order valence-corrected chi connectivity index (χ3v) is 11.7. The highest BCUT2D eigenvalue weighted by Crippen LogP contribution is 2.49. The molecule has 6 aromatic rings. The van der Waals surface area contributed by atoms with Crippen molar-refractivity contribution in [1.29, 1.82) is 0 Å². The van der Waals surface area contributed by atoms with E-state index < -0.39 is 0 Å². The fraction of sp³-hybridized carbons (Fsp3) is 0.404. The SMILES string of the molecule is CCC1=C[C@H](C(C)(C)C)CC(CC)[C@H]1c1c(C)nn(-c2cc(Oc3ccc4c5ccccc5n(-c5cc(CC)ccn5)c4c3)cc(C(C)C)c2)c1C. The summed E-state index contributed by atoms with van der Waals surface area (Å²) in [6, 6.07) is 25.9. The molecule has 0 radical (unpaired) electrons. The first-order valence-corrected chi connectivity index (χ1v) is 19.5. The molecule has 0 spiro atoms. The number of para-hydroxylation sites is 1. The standard InChI is InChI=1S/C47H56N4O/c1-11-32-20-21-48-44(22-32)50-42-17-15-14-16-40(42)41-19-18-38(28-43(41)50)52-39-26-35(29(4)5)25-37(27-39)51-31(7)45(30(6)49-51)46-33(12-2)23-36(47(8,9)10)24-34(46)13-3/h14-23,25-29,34,36,46H,11-13,24H2,1-10H3/t34?,36-,46-/m0/s1. The van der Waals surface area contributed by atoms with E-state index in [9.17, 15) is 0 Å². The number of pyridine rings is 1. The molecule has 0 saturated carbocycles. The Balaban J connectivity index is 1.30. The molecule has 0 aliphatic heterocycles. The van der Waals surface area contributed by atoms with E-state index in [0.717, 1.165) is 52.6 Å². The average Bonchev–Trinajstić information content (AvgIpc) is 3.62. The lowest BCUT2D eigenvalue weighted by Crippen LogP contribution is -2.30. The van der Waals surface area contributed by atoms with Gasteiger partial charge in [-0.1, -0.05) is 91.7 Å². The maximum Gasteiger partial charge on any atom is 0.137 e. The van der Waals surface area contributed by atoms with Gasteiger partial charge < -0.3 is 4.74 Å². The first-order chi connectivity index (χ1) is 24.9. The Labute approximate surface area is 310 Å². The number of rotatable bonds is 9. The molecule has 7 rings (SSSR count). The number of aryl methyl sites for hydroxylation is 2. The topological polar surface area (TPSA) is 44.9 Å². The van der Waals surface area contributed by atoms with E-state index in [0.29, 0.717) is 23.7 Å². The summed E-state index contributed by atoms with van der Waals surface area (Å²) in [5.74, 6) is 4.46. The molecule has 52 heavy (non-hydrogen) atoms. The maximum absolute atomic E-state index is 6.79. The van der Waals surface area contributed by atoms with Gasteiger partial charge in [-0.15, -0.1) is 0 Å². The molecule has 0 bridgehead atoms. The second kappa shape index (κ2) is 14.1. The molecule has 1 unspecified atom stereocenters. The van der Waals surface area contributed by atoms with E-state index in [2.05, 4.69) is 157 Å². The zero-order valence-corrected chi connectivity index (χ0v) is 32.9. The van der Waals surface area contributed by atoms with Crippen LogP contribution in [-0.2, 0) is 6.42 Å². The zero-order chi connectivity index (χ0) is 36.9. The highest BCUT2D eigenvalue weighted by Gasteiger charge is 2.38. The van der Waals surface area contributed by atoms with Crippen molar-refractivity contribution in [2.24, 2.45) is 17.3 Å². The average molecular weight is 693 g/mol. The minimum absolute atomic E-state index is 0.263. The number of hydrogen-bond acceptors (Lipinski definition) is 3. The molecule has 3 aromatic carbocycles. The van der Waals surface area contributed by atoms with Gasteiger partial charge in [0.05, 0.1) is 22.4 Å². The minimum atomic E-state index is 0.263. The smallest absolute Gasteiger partial charge is 0.137 e. The molecular formula is C47H56N4O. The largest absolute Gasteiger partial charge is 0.457 e. The summed E-state index contributed by atoms with van der Waals surface area (Å²) < 4.78 is 11.2. The lowest BCUT2D eigenvalue weighted by Gasteiger charge is -2.41. The summed E-state index contributed by atoms with van der Waals surface area (Å²) in [5.41, 5.74) is 11.4. The highest BCUT2D eigenvalue weighted by atomic mass is 16.5. The first kappa shape index (κ1) is 35.7. The van der Waals surface area contributed by atoms with Crippen molar-refractivity contribution in [3.05, 3.63) is 119 Å². The molecule has 3 heterocycles. The molecule has 0 N–H and O–H groups in total. The summed E-state index contributed by atoms with van der Waals surface area (Å²) in [7, 11) is 0. The molecule has 3 atom stereocenters. The summed E-state index contributed by atoms with van der Waals surface area (Å²) in [4.78, 5) is 4.81. The van der Waals surface area contributed by atoms with Gasteiger partial charge in [-0.25, -0.2) is 9.67 Å². The van der Waals surface area contributed by atoms with Crippen LogP contribution in [0.15, 0.2) is 90.6 Å². The fourth-order valence-electron chi connectivity index (χ4n) is 8.64. The van der Waals surface area contributed by atoms with E-state index in [-0.39, 0.29) is 5.41 Å². The Bertz CT molecular complexity index is 2280. The number of benzene rings is 3. The van der Waals surface area contributed by atoms with Crippen molar-refractivity contribution < 1.29 is 4.74 Å². The number of hydrogen-bond donors (Lipinski definition) is 0. The van der Waals surface area contributed by atoms with Crippen LogP contribution in [0, 0.1) is 31.1 Å². The van der Waals surface area contributed by atoms with Gasteiger partial charge in [0.1, 0.15) is 17.3 Å². The van der Waals surface area contributed by atoms with Crippen LogP contribution in [0.1, 0.15) is 115 Å². The van der Waals surface area contributed by atoms with Crippen molar-refractivity contribution in [3.8, 4) is 23.0 Å². The Morgan fingerprint density at radius 3 is 2.33 bits per heavy atom. The third kappa shape index (κ3) is 6.48. The Morgan fingerprint density at radius 1 is 0.846 bits per heavy atom. The monoisotopic (exact) mass is 692 g/mol. The predicted molar refractivity (Wildman–Crippen MR) is 218 cm³/mol. The molecular weight excluding hydrogens is 637 g/mol. The molecule has 1 aliphatic carbocycles. The van der Waals surface area contributed by atoms with E-state index in [1.807, 2.05) is 6.20 Å². The van der Waals surface area contributed by atoms with Crippen LogP contribution in [-0.4, -0.2) is 19.3 Å². The maximum atomic E-state index is 6.79. The minimum Gasteiger partial charge on any atom is -0.457 e. The molecule has 5 heteroatoms. The summed E-state index contributed by atoms with van der Waals surface area (Å²) >= 11 is 0. The summed E-state index contributed by atoms with van der Waals surface area (Å²) in [6.45, 7) is 23.0. The zero-order valence-electron chi connectivity index (χ0n) is 32.9. The van der Waals surface area contributed by atoms with E-state index in [1.54, 1.807) is 5.57 Å². The van der Waals surface area contributed by atoms with Crippen LogP contribution >= 0.6 is 0 Å². The van der Waals surface area contributed by atoms with Gasteiger partial charge in [-0.2, -0.15) is 5.10 Å². The van der Waals surface area contributed by atoms with Crippen LogP contribution < -0.4 is 4.74 Å². The predicted octanol–water partition coefficient (Wildman–Crippen LogP) is 13.0. The van der Waals surface area contributed by atoms with E-state index in [1.165, 1.54) is 46.0 Å². The normalized spacial score (nSPS) is 18.1. The molecule has 3 aromatic heterocycles. The van der Waals surface area contributed by atoms with Crippen LogP contribution in [0.2, 0.25) is 0 Å². The van der Waals surface area contributed by atoms with Crippen molar-refractivity contribution in [2.75, 3.05) is 0 Å². The molecule has 0 fully saturated rings. The van der Waals surface area contributed by atoms with Gasteiger partial charge in [0, 0.05) is 46.3 Å². The summed E-state index contributed by atoms with van der Waals surface area (Å²) in [5, 5.41) is 7.64. The number of aromatic nitrogens is 4. The van der Waals surface area contributed by atoms with Gasteiger partial charge in [0.25, 0.3) is 0 Å². The highest BCUT2D eigenvalue weighted by molar-refractivity contribution is 6.09. The number of allylic oxidation sites excluding steroid dienone is 2. The van der Waals surface area contributed by atoms with Crippen molar-refractivity contribution in [2.45, 2.75) is 107 Å². The molecule has 1 aliphatic rings. The van der Waals surface area contributed by atoms with Gasteiger partial charge in [-0.05, 0) is 110 Å². The van der Waals surface area contributed by atoms with Crippen LogP contribution in [0.25, 0.3) is 33.3 Å². The van der Waals surface area contributed by atoms with Crippen LogP contribution in [0.4, 0.5) is 0 Å². The second-order valence-corrected chi connectivity index (χ2v) is 16.4.